The van der Waals surface area contributed by atoms with Crippen LogP contribution in [-0.2, 0) is 18.8 Å². The molecule has 9 nitrogen and oxygen atoms in total. The van der Waals surface area contributed by atoms with Crippen LogP contribution in [0.4, 0.5) is 4.79 Å². The number of benzene rings is 1. The number of carbonyl (C=O) groups excluding carboxylic acids is 2. The van der Waals surface area contributed by atoms with Crippen LogP contribution in [0.5, 0.6) is 0 Å². The van der Waals surface area contributed by atoms with Gasteiger partial charge in [0.15, 0.2) is 0 Å². The summed E-state index contributed by atoms with van der Waals surface area (Å²) in [5.74, 6) is 0.603. The quantitative estimate of drug-likeness (QED) is 0.593. The minimum absolute atomic E-state index is 0.134. The summed E-state index contributed by atoms with van der Waals surface area (Å²) >= 11 is 0. The van der Waals surface area contributed by atoms with Crippen molar-refractivity contribution >= 4 is 24.6 Å². The third-order valence-corrected chi connectivity index (χ3v) is 7.75. The van der Waals surface area contributed by atoms with Crippen molar-refractivity contribution in [2.75, 3.05) is 13.7 Å². The van der Waals surface area contributed by atoms with Gasteiger partial charge in [-0.3, -0.25) is 4.79 Å². The molecule has 1 aromatic heterocycles. The molecule has 0 bridgehead atoms. The van der Waals surface area contributed by atoms with Crippen molar-refractivity contribution in [2.24, 2.45) is 5.41 Å². The van der Waals surface area contributed by atoms with E-state index in [9.17, 15) is 9.59 Å². The summed E-state index contributed by atoms with van der Waals surface area (Å²) in [5, 5.41) is 2.72. The number of methoxy groups -OCH3 is 1. The molecule has 2 aromatic rings. The van der Waals surface area contributed by atoms with Crippen LogP contribution in [0.1, 0.15) is 73.2 Å². The smallest absolute Gasteiger partial charge is 0.453 e. The maximum atomic E-state index is 13.5. The second kappa shape index (κ2) is 9.80. The molecule has 2 amide bonds. The van der Waals surface area contributed by atoms with E-state index >= 15 is 0 Å². The molecule has 10 heteroatoms. The molecule has 0 unspecified atom stereocenters. The van der Waals surface area contributed by atoms with E-state index in [1.165, 1.54) is 7.11 Å². The second-order valence-electron chi connectivity index (χ2n) is 12.0. The summed E-state index contributed by atoms with van der Waals surface area (Å²) in [6.45, 7) is 14.6. The molecule has 2 aliphatic rings. The number of H-pyrrole nitrogens is 1. The molecule has 0 aliphatic carbocycles. The van der Waals surface area contributed by atoms with Gasteiger partial charge in [-0.2, -0.15) is 0 Å². The first-order valence-electron chi connectivity index (χ1n) is 12.9. The van der Waals surface area contributed by atoms with E-state index < -0.39 is 35.9 Å². The zero-order chi connectivity index (χ0) is 27.2. The van der Waals surface area contributed by atoms with E-state index in [-0.39, 0.29) is 11.9 Å². The molecule has 2 N–H and O–H groups in total. The van der Waals surface area contributed by atoms with E-state index in [1.807, 2.05) is 77.6 Å². The van der Waals surface area contributed by atoms with Gasteiger partial charge in [-0.25, -0.2) is 9.78 Å². The Morgan fingerprint density at radius 1 is 1.16 bits per heavy atom. The Hall–Kier alpha value is -2.85. The molecular weight excluding hydrogens is 471 g/mol. The number of hydrogen-bond donors (Lipinski definition) is 2. The van der Waals surface area contributed by atoms with E-state index in [2.05, 4.69) is 15.3 Å². The fourth-order valence-corrected chi connectivity index (χ4v) is 4.76. The monoisotopic (exact) mass is 510 g/mol. The maximum absolute atomic E-state index is 13.5. The molecular formula is C27H39BN4O5. The summed E-state index contributed by atoms with van der Waals surface area (Å²) in [6.07, 6.45) is 2.85. The number of rotatable bonds is 5. The molecule has 37 heavy (non-hydrogen) atoms. The zero-order valence-electron chi connectivity index (χ0n) is 23.2. The summed E-state index contributed by atoms with van der Waals surface area (Å²) in [7, 11) is 0.883. The zero-order valence-corrected chi connectivity index (χ0v) is 23.2. The fraction of sp³-hybridized carbons (Fsp3) is 0.593. The Morgan fingerprint density at radius 3 is 2.35 bits per heavy atom. The van der Waals surface area contributed by atoms with Gasteiger partial charge in [0.2, 0.25) is 5.91 Å². The van der Waals surface area contributed by atoms with Gasteiger partial charge in [-0.15, -0.1) is 0 Å². The predicted octanol–water partition coefficient (Wildman–Crippen LogP) is 3.81. The third-order valence-electron chi connectivity index (χ3n) is 7.75. The van der Waals surface area contributed by atoms with Gasteiger partial charge >= 0.3 is 13.2 Å². The lowest BCUT2D eigenvalue weighted by molar-refractivity contribution is -0.137. The van der Waals surface area contributed by atoms with E-state index in [0.717, 1.165) is 35.4 Å². The van der Waals surface area contributed by atoms with Crippen LogP contribution in [0, 0.1) is 5.41 Å². The Balaban J connectivity index is 1.50. The average Bonchev–Trinajstić information content (AvgIpc) is 3.54. The van der Waals surface area contributed by atoms with Gasteiger partial charge in [-0.1, -0.05) is 45.0 Å². The highest BCUT2D eigenvalue weighted by atomic mass is 16.7. The number of nitrogens with one attached hydrogen (secondary N) is 2. The highest BCUT2D eigenvalue weighted by molar-refractivity contribution is 6.62. The predicted molar refractivity (Wildman–Crippen MR) is 142 cm³/mol. The number of aromatic amines is 1. The first kappa shape index (κ1) is 27.2. The summed E-state index contributed by atoms with van der Waals surface area (Å²) in [5.41, 5.74) is 1.55. The Bertz CT molecular complexity index is 1120. The lowest BCUT2D eigenvalue weighted by Crippen LogP contribution is -2.54. The van der Waals surface area contributed by atoms with Gasteiger partial charge in [0.25, 0.3) is 0 Å². The van der Waals surface area contributed by atoms with E-state index in [0.29, 0.717) is 6.54 Å². The standard InChI is InChI=1S/C27H39BN4O5/c1-25(2,3)21(31-24(34)35-8)23(33)32-15-9-10-20(32)22-29-16-19(30-22)17-11-13-18(14-12-17)28-36-26(4,5)27(6,7)37-28/h11-14,16,20-21H,9-10,15H2,1-8H3,(H,29,30)(H,31,34)/t20-,21+/m0/s1. The average molecular weight is 510 g/mol. The normalized spacial score (nSPS) is 21.7. The van der Waals surface area contributed by atoms with Gasteiger partial charge < -0.3 is 29.2 Å². The third kappa shape index (κ3) is 5.41. The van der Waals surface area contributed by atoms with E-state index in [1.54, 1.807) is 6.20 Å². The minimum Gasteiger partial charge on any atom is -0.453 e. The molecule has 4 rings (SSSR count). The van der Waals surface area contributed by atoms with Crippen LogP contribution in [0.3, 0.4) is 0 Å². The molecule has 0 radical (unpaired) electrons. The number of hydrogen-bond acceptors (Lipinski definition) is 6. The molecule has 2 saturated heterocycles. The molecule has 2 atom stereocenters. The van der Waals surface area contributed by atoms with Gasteiger partial charge in [0.05, 0.1) is 36.2 Å². The number of carbonyl (C=O) groups is 2. The number of likely N-dealkylation sites (tertiary alicyclic amines) is 1. The lowest BCUT2D eigenvalue weighted by Gasteiger charge is -2.35. The highest BCUT2D eigenvalue weighted by Crippen LogP contribution is 2.37. The van der Waals surface area contributed by atoms with Crippen molar-refractivity contribution in [3.05, 3.63) is 36.3 Å². The summed E-state index contributed by atoms with van der Waals surface area (Å²) in [4.78, 5) is 35.4. The van der Waals surface area contributed by atoms with Crippen LogP contribution < -0.4 is 10.8 Å². The molecule has 0 spiro atoms. The van der Waals surface area contributed by atoms with Crippen molar-refractivity contribution in [3.63, 3.8) is 0 Å². The summed E-state index contributed by atoms with van der Waals surface area (Å²) in [6, 6.07) is 7.16. The second-order valence-corrected chi connectivity index (χ2v) is 12.0. The van der Waals surface area contributed by atoms with Crippen molar-refractivity contribution in [1.82, 2.24) is 20.2 Å². The van der Waals surface area contributed by atoms with Gasteiger partial charge in [0, 0.05) is 6.54 Å². The van der Waals surface area contributed by atoms with Crippen LogP contribution in [-0.4, -0.2) is 64.9 Å². The Kier molecular flexibility index (Phi) is 7.20. The van der Waals surface area contributed by atoms with Crippen molar-refractivity contribution < 1.29 is 23.6 Å². The minimum atomic E-state index is -0.711. The number of amides is 2. The van der Waals surface area contributed by atoms with Crippen LogP contribution in [0.2, 0.25) is 0 Å². The van der Waals surface area contributed by atoms with Crippen LogP contribution in [0.25, 0.3) is 11.3 Å². The molecule has 2 aliphatic heterocycles. The van der Waals surface area contributed by atoms with Crippen molar-refractivity contribution in [1.29, 1.82) is 0 Å². The molecule has 2 fully saturated rings. The first-order chi connectivity index (χ1) is 17.2. The largest absolute Gasteiger partial charge is 0.494 e. The van der Waals surface area contributed by atoms with Crippen molar-refractivity contribution in [2.45, 2.75) is 84.6 Å². The lowest BCUT2D eigenvalue weighted by atomic mass is 9.79. The Labute approximate surface area is 219 Å². The molecule has 0 saturated carbocycles. The number of aromatic nitrogens is 2. The molecule has 1 aromatic carbocycles. The fourth-order valence-electron chi connectivity index (χ4n) is 4.76. The number of ether oxygens (including phenoxy) is 1. The maximum Gasteiger partial charge on any atom is 0.494 e. The van der Waals surface area contributed by atoms with Crippen LogP contribution in [0.15, 0.2) is 30.5 Å². The molecule has 3 heterocycles. The van der Waals surface area contributed by atoms with Gasteiger partial charge in [-0.05, 0) is 57.0 Å². The number of imidazole rings is 1. The highest BCUT2D eigenvalue weighted by Gasteiger charge is 2.51. The topological polar surface area (TPSA) is 106 Å². The number of alkyl carbamates (subject to hydrolysis) is 1. The van der Waals surface area contributed by atoms with Gasteiger partial charge in [0.1, 0.15) is 11.9 Å². The summed E-state index contributed by atoms with van der Waals surface area (Å²) < 4.78 is 17.1. The first-order valence-corrected chi connectivity index (χ1v) is 12.9. The number of nitrogens with zero attached hydrogens (tertiary/aromatic N) is 2. The Morgan fingerprint density at radius 2 is 1.78 bits per heavy atom. The SMILES string of the molecule is COC(=O)N[C@H](C(=O)N1CCC[C@H]1c1ncc(-c2ccc(B3OC(C)(C)C(C)(C)O3)cc2)[nH]1)C(C)(C)C. The van der Waals surface area contributed by atoms with Crippen molar-refractivity contribution in [3.8, 4) is 11.3 Å². The molecule has 200 valence electrons. The van der Waals surface area contributed by atoms with Crippen LogP contribution >= 0.6 is 0 Å². The van der Waals surface area contributed by atoms with E-state index in [4.69, 9.17) is 14.0 Å².